The molecule has 0 aliphatic heterocycles. The van der Waals surface area contributed by atoms with Gasteiger partial charge in [-0.05, 0) is 96.3 Å². The zero-order valence-electron chi connectivity index (χ0n) is 46.7. The molecule has 0 aliphatic rings. The average Bonchev–Trinajstić information content (AvgIpc) is 3.37. The van der Waals surface area contributed by atoms with E-state index < -0.39 is 6.10 Å². The van der Waals surface area contributed by atoms with Crippen LogP contribution in [-0.2, 0) is 28.6 Å². The van der Waals surface area contributed by atoms with E-state index in [1.54, 1.807) is 0 Å². The molecule has 0 unspecified atom stereocenters. The first-order chi connectivity index (χ1) is 35.0. The summed E-state index contributed by atoms with van der Waals surface area (Å²) in [6.45, 7) is 6.50. The Kier molecular flexibility index (Phi) is 56.3. The van der Waals surface area contributed by atoms with Crippen molar-refractivity contribution in [2.45, 2.75) is 297 Å². The molecule has 0 rings (SSSR count). The Hall–Kier alpha value is -3.41. The third-order valence-corrected chi connectivity index (χ3v) is 12.9. The smallest absolute Gasteiger partial charge is 0.306 e. The first kappa shape index (κ1) is 67.6. The fraction of sp³-hybridized carbons (Fsp3) is 0.738. The van der Waals surface area contributed by atoms with Crippen molar-refractivity contribution in [3.8, 4) is 0 Å². The maximum absolute atomic E-state index is 12.9. The van der Waals surface area contributed by atoms with Crippen molar-refractivity contribution in [2.75, 3.05) is 13.2 Å². The van der Waals surface area contributed by atoms with Crippen LogP contribution in [0.15, 0.2) is 85.1 Å². The molecule has 6 heteroatoms. The van der Waals surface area contributed by atoms with Crippen molar-refractivity contribution in [1.82, 2.24) is 0 Å². The highest BCUT2D eigenvalue weighted by Gasteiger charge is 2.19. The number of ether oxygens (including phenoxy) is 3. The number of carbonyl (C=O) groups is 3. The SMILES string of the molecule is CC/C=C\C/C=C\C/C=C\C/C=C\C/C=C\CCCCCC(=O)O[C@H](COC(=O)CCCCCCCCC/C=C\C/C=C\CCCCC)COC(=O)CCCCCCCCCCCCCCCCCCC. The maximum atomic E-state index is 12.9. The van der Waals surface area contributed by atoms with E-state index in [0.29, 0.717) is 12.8 Å². The fourth-order valence-corrected chi connectivity index (χ4v) is 8.38. The molecular formula is C65H112O6. The van der Waals surface area contributed by atoms with Gasteiger partial charge in [-0.1, -0.05) is 260 Å². The minimum absolute atomic E-state index is 0.0904. The van der Waals surface area contributed by atoms with Crippen molar-refractivity contribution in [3.05, 3.63) is 85.1 Å². The molecule has 0 bridgehead atoms. The van der Waals surface area contributed by atoms with Crippen molar-refractivity contribution >= 4 is 17.9 Å². The highest BCUT2D eigenvalue weighted by Crippen LogP contribution is 2.16. The largest absolute Gasteiger partial charge is 0.462 e. The molecule has 0 saturated heterocycles. The van der Waals surface area contributed by atoms with Gasteiger partial charge in [0.05, 0.1) is 0 Å². The Morgan fingerprint density at radius 1 is 0.296 bits per heavy atom. The summed E-state index contributed by atoms with van der Waals surface area (Å²) in [5.74, 6) is -0.921. The second kappa shape index (κ2) is 59.2. The second-order valence-corrected chi connectivity index (χ2v) is 19.9. The predicted molar refractivity (Wildman–Crippen MR) is 307 cm³/mol. The van der Waals surface area contributed by atoms with Gasteiger partial charge < -0.3 is 14.2 Å². The van der Waals surface area contributed by atoms with Gasteiger partial charge in [-0.3, -0.25) is 14.4 Å². The van der Waals surface area contributed by atoms with Crippen LogP contribution < -0.4 is 0 Å². The van der Waals surface area contributed by atoms with Gasteiger partial charge >= 0.3 is 17.9 Å². The van der Waals surface area contributed by atoms with Crippen LogP contribution in [0.5, 0.6) is 0 Å². The molecule has 0 radical (unpaired) electrons. The van der Waals surface area contributed by atoms with Crippen LogP contribution in [0.1, 0.15) is 290 Å². The summed E-state index contributed by atoms with van der Waals surface area (Å²) < 4.78 is 16.9. The van der Waals surface area contributed by atoms with Gasteiger partial charge in [-0.2, -0.15) is 0 Å². The molecule has 0 aliphatic carbocycles. The summed E-state index contributed by atoms with van der Waals surface area (Å²) in [5.41, 5.74) is 0. The van der Waals surface area contributed by atoms with Crippen LogP contribution in [-0.4, -0.2) is 37.2 Å². The van der Waals surface area contributed by atoms with Gasteiger partial charge in [0.1, 0.15) is 13.2 Å². The van der Waals surface area contributed by atoms with E-state index in [1.165, 1.54) is 141 Å². The van der Waals surface area contributed by atoms with E-state index in [0.717, 1.165) is 109 Å². The van der Waals surface area contributed by atoms with Crippen LogP contribution in [0.4, 0.5) is 0 Å². The average molecular weight is 990 g/mol. The molecular weight excluding hydrogens is 877 g/mol. The topological polar surface area (TPSA) is 78.9 Å². The number of allylic oxidation sites excluding steroid dienone is 14. The van der Waals surface area contributed by atoms with E-state index in [2.05, 4.69) is 106 Å². The Morgan fingerprint density at radius 2 is 0.549 bits per heavy atom. The van der Waals surface area contributed by atoms with E-state index in [9.17, 15) is 14.4 Å². The monoisotopic (exact) mass is 989 g/mol. The van der Waals surface area contributed by atoms with Crippen LogP contribution in [0, 0.1) is 0 Å². The van der Waals surface area contributed by atoms with Crippen molar-refractivity contribution in [2.24, 2.45) is 0 Å². The quantitative estimate of drug-likeness (QED) is 0.0261. The Bertz CT molecular complexity index is 1370. The summed E-state index contributed by atoms with van der Waals surface area (Å²) in [6, 6.07) is 0. The lowest BCUT2D eigenvalue weighted by molar-refractivity contribution is -0.167. The highest BCUT2D eigenvalue weighted by molar-refractivity contribution is 5.71. The lowest BCUT2D eigenvalue weighted by atomic mass is 10.0. The lowest BCUT2D eigenvalue weighted by Crippen LogP contribution is -2.30. The van der Waals surface area contributed by atoms with Crippen molar-refractivity contribution in [1.29, 1.82) is 0 Å². The number of unbranched alkanes of at least 4 members (excludes halogenated alkanes) is 29. The number of carbonyl (C=O) groups excluding carboxylic acids is 3. The minimum atomic E-state index is -0.797. The van der Waals surface area contributed by atoms with Crippen LogP contribution >= 0.6 is 0 Å². The molecule has 71 heavy (non-hydrogen) atoms. The van der Waals surface area contributed by atoms with E-state index >= 15 is 0 Å². The zero-order valence-corrected chi connectivity index (χ0v) is 46.7. The summed E-state index contributed by atoms with van der Waals surface area (Å²) in [5, 5.41) is 0. The Morgan fingerprint density at radius 3 is 0.901 bits per heavy atom. The molecule has 6 nitrogen and oxygen atoms in total. The summed E-state index contributed by atoms with van der Waals surface area (Å²) in [4.78, 5) is 38.2. The minimum Gasteiger partial charge on any atom is -0.462 e. The summed E-state index contributed by atoms with van der Waals surface area (Å²) in [6.07, 6.45) is 77.1. The maximum Gasteiger partial charge on any atom is 0.306 e. The third-order valence-electron chi connectivity index (χ3n) is 12.9. The molecule has 1 atom stereocenters. The van der Waals surface area contributed by atoms with Crippen molar-refractivity contribution in [3.63, 3.8) is 0 Å². The second-order valence-electron chi connectivity index (χ2n) is 19.9. The zero-order chi connectivity index (χ0) is 51.4. The van der Waals surface area contributed by atoms with Gasteiger partial charge in [0.25, 0.3) is 0 Å². The molecule has 0 aromatic carbocycles. The number of hydrogen-bond acceptors (Lipinski definition) is 6. The predicted octanol–water partition coefficient (Wildman–Crippen LogP) is 20.3. The highest BCUT2D eigenvalue weighted by atomic mass is 16.6. The molecule has 0 heterocycles. The van der Waals surface area contributed by atoms with Crippen LogP contribution in [0.25, 0.3) is 0 Å². The molecule has 0 saturated carbocycles. The first-order valence-corrected chi connectivity index (χ1v) is 30.1. The van der Waals surface area contributed by atoms with Gasteiger partial charge in [-0.15, -0.1) is 0 Å². The molecule has 408 valence electrons. The molecule has 0 spiro atoms. The van der Waals surface area contributed by atoms with Crippen LogP contribution in [0.3, 0.4) is 0 Å². The summed E-state index contributed by atoms with van der Waals surface area (Å²) >= 11 is 0. The first-order valence-electron chi connectivity index (χ1n) is 30.1. The third kappa shape index (κ3) is 57.4. The van der Waals surface area contributed by atoms with E-state index in [-0.39, 0.29) is 37.5 Å². The van der Waals surface area contributed by atoms with Crippen molar-refractivity contribution < 1.29 is 28.6 Å². The van der Waals surface area contributed by atoms with Crippen LogP contribution in [0.2, 0.25) is 0 Å². The van der Waals surface area contributed by atoms with Gasteiger partial charge in [0.2, 0.25) is 0 Å². The number of esters is 3. The Labute approximate surface area is 439 Å². The molecule has 0 fully saturated rings. The summed E-state index contributed by atoms with van der Waals surface area (Å²) in [7, 11) is 0. The van der Waals surface area contributed by atoms with Gasteiger partial charge in [0, 0.05) is 19.3 Å². The standard InChI is InChI=1S/C65H112O6/c1-4-7-10-13-16-19-22-25-28-31-32-35-38-41-44-47-50-53-56-59-65(68)71-62(60-69-63(66)57-54-51-48-45-42-39-36-33-29-26-23-20-17-14-11-8-5-2)61-70-64(67)58-55-52-49-46-43-40-37-34-30-27-24-21-18-15-12-9-6-3/h7,10,16-17,19-20,25-26,28-29,32,35,41,44,62H,4-6,8-9,11-15,18,21-24,27,30-31,33-34,36-40,42-43,45-61H2,1-3H3/b10-7-,19-16-,20-17-,28-25-,29-26-,35-32-,44-41-/t62-/m1/s1. The molecule has 0 aromatic rings. The normalized spacial score (nSPS) is 12.7. The number of hydrogen-bond donors (Lipinski definition) is 0. The Balaban J connectivity index is 4.45. The fourth-order valence-electron chi connectivity index (χ4n) is 8.38. The van der Waals surface area contributed by atoms with Gasteiger partial charge in [0.15, 0.2) is 6.10 Å². The van der Waals surface area contributed by atoms with Gasteiger partial charge in [-0.25, -0.2) is 0 Å². The molecule has 0 aromatic heterocycles. The molecule has 0 N–H and O–H groups in total. The van der Waals surface area contributed by atoms with E-state index in [4.69, 9.17) is 14.2 Å². The lowest BCUT2D eigenvalue weighted by Gasteiger charge is -2.18. The van der Waals surface area contributed by atoms with E-state index in [1.807, 2.05) is 0 Å². The molecule has 0 amide bonds. The number of rotatable bonds is 54.